The fourth-order valence-electron chi connectivity index (χ4n) is 3.48. The molecule has 1 heterocycles. The third-order valence-corrected chi connectivity index (χ3v) is 5.14. The van der Waals surface area contributed by atoms with Crippen molar-refractivity contribution in [3.05, 3.63) is 0 Å². The molecule has 0 N–H and O–H groups in total. The Balaban J connectivity index is 1.62. The number of unbranched alkanes of at least 4 members (excludes halogenated alkanes) is 1. The lowest BCUT2D eigenvalue weighted by Gasteiger charge is -2.37. The van der Waals surface area contributed by atoms with Crippen LogP contribution in [0.15, 0.2) is 0 Å². The highest BCUT2D eigenvalue weighted by molar-refractivity contribution is 5.04. The van der Waals surface area contributed by atoms with Crippen LogP contribution in [0.2, 0.25) is 0 Å². The highest BCUT2D eigenvalue weighted by Crippen LogP contribution is 2.44. The maximum absolute atomic E-state index is 9.21. The summed E-state index contributed by atoms with van der Waals surface area (Å²) in [7, 11) is 4.39. The maximum Gasteiger partial charge on any atom is 0.0689 e. The molecule has 1 unspecified atom stereocenters. The highest BCUT2D eigenvalue weighted by atomic mass is 15.2. The van der Waals surface area contributed by atoms with Crippen LogP contribution in [0.5, 0.6) is 0 Å². The van der Waals surface area contributed by atoms with E-state index in [1.807, 2.05) is 0 Å². The van der Waals surface area contributed by atoms with E-state index < -0.39 is 0 Å². The van der Waals surface area contributed by atoms with Crippen LogP contribution in [-0.2, 0) is 0 Å². The van der Waals surface area contributed by atoms with Crippen molar-refractivity contribution in [1.82, 2.24) is 9.80 Å². The van der Waals surface area contributed by atoms with Gasteiger partial charge in [0.25, 0.3) is 0 Å². The molecule has 0 aromatic carbocycles. The van der Waals surface area contributed by atoms with Gasteiger partial charge in [-0.05, 0) is 65.7 Å². The van der Waals surface area contributed by atoms with Crippen LogP contribution in [0.1, 0.15) is 51.4 Å². The molecule has 2 rings (SSSR count). The number of nitriles is 1. The second kappa shape index (κ2) is 6.72. The zero-order chi connectivity index (χ0) is 13.7. The third kappa shape index (κ3) is 3.94. The van der Waals surface area contributed by atoms with Gasteiger partial charge in [0.2, 0.25) is 0 Å². The lowest BCUT2D eigenvalue weighted by molar-refractivity contribution is 0.128. The van der Waals surface area contributed by atoms with Crippen molar-refractivity contribution in [2.75, 3.05) is 33.7 Å². The van der Waals surface area contributed by atoms with Crippen LogP contribution in [0.3, 0.4) is 0 Å². The summed E-state index contributed by atoms with van der Waals surface area (Å²) >= 11 is 0. The summed E-state index contributed by atoms with van der Waals surface area (Å²) in [6, 6.07) is 3.30. The van der Waals surface area contributed by atoms with Crippen molar-refractivity contribution < 1.29 is 0 Å². The van der Waals surface area contributed by atoms with Crippen LogP contribution in [0.4, 0.5) is 0 Å². The van der Waals surface area contributed by atoms with Crippen molar-refractivity contribution in [1.29, 1.82) is 5.26 Å². The molecule has 0 spiro atoms. The van der Waals surface area contributed by atoms with E-state index in [1.54, 1.807) is 0 Å². The van der Waals surface area contributed by atoms with E-state index in [-0.39, 0.29) is 5.41 Å². The van der Waals surface area contributed by atoms with Gasteiger partial charge in [0.15, 0.2) is 0 Å². The SMILES string of the molecule is CN(C)C1CCCN(CCCCC2(C#N)CCC2)C1. The Morgan fingerprint density at radius 1 is 1.26 bits per heavy atom. The van der Waals surface area contributed by atoms with E-state index >= 15 is 0 Å². The zero-order valence-corrected chi connectivity index (χ0v) is 12.7. The van der Waals surface area contributed by atoms with Gasteiger partial charge < -0.3 is 9.80 Å². The number of hydrogen-bond donors (Lipinski definition) is 0. The average molecular weight is 263 g/mol. The summed E-state index contributed by atoms with van der Waals surface area (Å²) in [4.78, 5) is 4.99. The lowest BCUT2D eigenvalue weighted by atomic mass is 9.67. The number of nitrogens with zero attached hydrogens (tertiary/aromatic N) is 3. The number of hydrogen-bond acceptors (Lipinski definition) is 3. The molecule has 0 aromatic heterocycles. The lowest BCUT2D eigenvalue weighted by Crippen LogP contribution is -2.45. The number of likely N-dealkylation sites (N-methyl/N-ethyl adjacent to an activating group) is 1. The van der Waals surface area contributed by atoms with Crippen LogP contribution >= 0.6 is 0 Å². The zero-order valence-electron chi connectivity index (χ0n) is 12.7. The van der Waals surface area contributed by atoms with E-state index in [4.69, 9.17) is 0 Å². The standard InChI is InChI=1S/C16H29N3/c1-18(2)15-7-5-12-19(13-15)11-4-3-8-16(14-17)9-6-10-16/h15H,3-13H2,1-2H3. The van der Waals surface area contributed by atoms with Crippen LogP contribution < -0.4 is 0 Å². The van der Waals surface area contributed by atoms with Gasteiger partial charge in [-0.1, -0.05) is 12.8 Å². The number of rotatable bonds is 6. The molecule has 3 nitrogen and oxygen atoms in total. The number of piperidine rings is 1. The summed E-state index contributed by atoms with van der Waals surface area (Å²) in [5.74, 6) is 0. The molecule has 108 valence electrons. The Kier molecular flexibility index (Phi) is 5.24. The first kappa shape index (κ1) is 14.8. The molecular weight excluding hydrogens is 234 g/mol. The molecule has 0 bridgehead atoms. The van der Waals surface area contributed by atoms with Crippen LogP contribution in [-0.4, -0.2) is 49.6 Å². The van der Waals surface area contributed by atoms with Gasteiger partial charge in [-0.15, -0.1) is 0 Å². The molecule has 0 aromatic rings. The first-order valence-electron chi connectivity index (χ1n) is 7.95. The molecule has 3 heteroatoms. The van der Waals surface area contributed by atoms with Crippen LogP contribution in [0.25, 0.3) is 0 Å². The molecule has 1 saturated heterocycles. The van der Waals surface area contributed by atoms with Gasteiger partial charge in [0.1, 0.15) is 0 Å². The second-order valence-electron chi connectivity index (χ2n) is 6.76. The molecule has 1 saturated carbocycles. The normalized spacial score (nSPS) is 26.9. The molecule has 1 atom stereocenters. The van der Waals surface area contributed by atoms with E-state index in [0.717, 1.165) is 25.3 Å². The second-order valence-corrected chi connectivity index (χ2v) is 6.76. The van der Waals surface area contributed by atoms with Crippen molar-refractivity contribution >= 4 is 0 Å². The van der Waals surface area contributed by atoms with Crippen molar-refractivity contribution in [3.8, 4) is 6.07 Å². The van der Waals surface area contributed by atoms with Crippen molar-refractivity contribution in [2.24, 2.45) is 5.41 Å². The molecule has 2 fully saturated rings. The number of likely N-dealkylation sites (tertiary alicyclic amines) is 1. The Morgan fingerprint density at radius 3 is 2.63 bits per heavy atom. The van der Waals surface area contributed by atoms with Gasteiger partial charge in [-0.3, -0.25) is 0 Å². The smallest absolute Gasteiger partial charge is 0.0689 e. The third-order valence-electron chi connectivity index (χ3n) is 5.14. The Bertz CT molecular complexity index is 314. The monoisotopic (exact) mass is 263 g/mol. The molecule has 0 amide bonds. The van der Waals surface area contributed by atoms with Gasteiger partial charge in [0.05, 0.1) is 11.5 Å². The summed E-state index contributed by atoms with van der Waals surface area (Å²) in [6.45, 7) is 3.73. The van der Waals surface area contributed by atoms with Gasteiger partial charge in [0, 0.05) is 12.6 Å². The molecule has 1 aliphatic heterocycles. The maximum atomic E-state index is 9.21. The summed E-state index contributed by atoms with van der Waals surface area (Å²) in [5.41, 5.74) is 0.0775. The van der Waals surface area contributed by atoms with Crippen molar-refractivity contribution in [3.63, 3.8) is 0 Å². The van der Waals surface area contributed by atoms with E-state index in [9.17, 15) is 5.26 Å². The van der Waals surface area contributed by atoms with Crippen LogP contribution in [0, 0.1) is 16.7 Å². The topological polar surface area (TPSA) is 30.3 Å². The molecule has 19 heavy (non-hydrogen) atoms. The summed E-state index contributed by atoms with van der Waals surface area (Å²) in [5, 5.41) is 9.21. The van der Waals surface area contributed by atoms with Gasteiger partial charge in [-0.2, -0.15) is 5.26 Å². The minimum absolute atomic E-state index is 0.0775. The molecular formula is C16H29N3. The predicted molar refractivity (Wildman–Crippen MR) is 78.9 cm³/mol. The fourth-order valence-corrected chi connectivity index (χ4v) is 3.48. The molecule has 1 aliphatic carbocycles. The summed E-state index contributed by atoms with van der Waals surface area (Å²) < 4.78 is 0. The quantitative estimate of drug-likeness (QED) is 0.690. The first-order valence-corrected chi connectivity index (χ1v) is 7.95. The Labute approximate surface area is 118 Å². The largest absolute Gasteiger partial charge is 0.305 e. The average Bonchev–Trinajstić information content (AvgIpc) is 2.37. The van der Waals surface area contributed by atoms with Gasteiger partial charge in [-0.25, -0.2) is 0 Å². The van der Waals surface area contributed by atoms with Crippen molar-refractivity contribution in [2.45, 2.75) is 57.4 Å². The summed E-state index contributed by atoms with van der Waals surface area (Å²) in [6.07, 6.45) is 9.89. The fraction of sp³-hybridized carbons (Fsp3) is 0.938. The van der Waals surface area contributed by atoms with Gasteiger partial charge >= 0.3 is 0 Å². The Morgan fingerprint density at radius 2 is 2.05 bits per heavy atom. The minimum Gasteiger partial charge on any atom is -0.305 e. The molecule has 0 radical (unpaired) electrons. The Hall–Kier alpha value is -0.590. The van der Waals surface area contributed by atoms with E-state index in [0.29, 0.717) is 0 Å². The van der Waals surface area contributed by atoms with E-state index in [1.165, 1.54) is 51.7 Å². The molecule has 2 aliphatic rings. The minimum atomic E-state index is 0.0775. The first-order chi connectivity index (χ1) is 9.15. The van der Waals surface area contributed by atoms with E-state index in [2.05, 4.69) is 30.0 Å². The predicted octanol–water partition coefficient (Wildman–Crippen LogP) is 2.88. The highest BCUT2D eigenvalue weighted by Gasteiger charge is 2.36.